The van der Waals surface area contributed by atoms with Gasteiger partial charge in [-0.25, -0.2) is 0 Å². The van der Waals surface area contributed by atoms with Crippen LogP contribution in [0.5, 0.6) is 0 Å². The van der Waals surface area contributed by atoms with Gasteiger partial charge in [0.1, 0.15) is 0 Å². The Balaban J connectivity index is 2.35. The monoisotopic (exact) mass is 480 g/mol. The standard InChI is InChI=1S/C13H8Br3ClN2O/c14-6-1-2-11(17)8(3-6)13(20)19-12-9(15)4-7(18)5-10(12)16/h1-5H,18H2,(H,19,20). The summed E-state index contributed by atoms with van der Waals surface area (Å²) in [5, 5.41) is 3.18. The Morgan fingerprint density at radius 2 is 1.70 bits per heavy atom. The molecule has 2 rings (SSSR count). The third-order valence-electron chi connectivity index (χ3n) is 2.48. The first-order chi connectivity index (χ1) is 9.38. The van der Waals surface area contributed by atoms with E-state index in [9.17, 15) is 4.79 Å². The van der Waals surface area contributed by atoms with E-state index in [1.54, 1.807) is 30.3 Å². The van der Waals surface area contributed by atoms with E-state index in [-0.39, 0.29) is 5.91 Å². The number of nitrogens with two attached hydrogens (primary N) is 1. The maximum absolute atomic E-state index is 12.3. The lowest BCUT2D eigenvalue weighted by atomic mass is 10.2. The van der Waals surface area contributed by atoms with Crippen molar-refractivity contribution < 1.29 is 4.79 Å². The van der Waals surface area contributed by atoms with Gasteiger partial charge in [0.2, 0.25) is 0 Å². The number of carbonyl (C=O) groups is 1. The van der Waals surface area contributed by atoms with Crippen molar-refractivity contribution in [3.63, 3.8) is 0 Å². The van der Waals surface area contributed by atoms with Gasteiger partial charge in [-0.1, -0.05) is 27.5 Å². The Morgan fingerprint density at radius 1 is 1.10 bits per heavy atom. The number of benzene rings is 2. The van der Waals surface area contributed by atoms with Crippen molar-refractivity contribution in [1.82, 2.24) is 0 Å². The quantitative estimate of drug-likeness (QED) is 0.558. The maximum Gasteiger partial charge on any atom is 0.257 e. The molecule has 0 aromatic heterocycles. The minimum atomic E-state index is -0.303. The lowest BCUT2D eigenvalue weighted by Gasteiger charge is -2.11. The fraction of sp³-hybridized carbons (Fsp3) is 0. The molecule has 0 aliphatic heterocycles. The molecule has 0 saturated heterocycles. The number of hydrogen-bond donors (Lipinski definition) is 2. The summed E-state index contributed by atoms with van der Waals surface area (Å²) < 4.78 is 2.15. The van der Waals surface area contributed by atoms with Gasteiger partial charge < -0.3 is 11.1 Å². The summed E-state index contributed by atoms with van der Waals surface area (Å²) in [4.78, 5) is 12.3. The molecule has 0 unspecified atom stereocenters. The Hall–Kier alpha value is -0.560. The second-order valence-corrected chi connectivity index (χ2v) is 6.97. The summed E-state index contributed by atoms with van der Waals surface area (Å²) in [6.45, 7) is 0. The zero-order valence-corrected chi connectivity index (χ0v) is 15.4. The molecule has 3 N–H and O–H groups in total. The van der Waals surface area contributed by atoms with E-state index in [2.05, 4.69) is 53.1 Å². The number of amides is 1. The van der Waals surface area contributed by atoms with E-state index in [1.165, 1.54) is 0 Å². The molecule has 0 bridgehead atoms. The third-order valence-corrected chi connectivity index (χ3v) is 4.55. The summed E-state index contributed by atoms with van der Waals surface area (Å²) >= 11 is 16.1. The number of nitrogen functional groups attached to an aromatic ring is 1. The van der Waals surface area contributed by atoms with Crippen molar-refractivity contribution >= 4 is 76.7 Å². The number of halogens is 4. The molecule has 0 aliphatic carbocycles. The molecule has 1 amide bonds. The molecule has 104 valence electrons. The second kappa shape index (κ2) is 6.47. The van der Waals surface area contributed by atoms with Crippen LogP contribution in [-0.4, -0.2) is 5.91 Å². The van der Waals surface area contributed by atoms with Crippen molar-refractivity contribution in [3.05, 3.63) is 54.3 Å². The number of carbonyl (C=O) groups excluding carboxylic acids is 1. The van der Waals surface area contributed by atoms with E-state index in [0.29, 0.717) is 30.9 Å². The van der Waals surface area contributed by atoms with E-state index in [0.717, 1.165) is 4.47 Å². The minimum Gasteiger partial charge on any atom is -0.399 e. The first-order valence-corrected chi connectivity index (χ1v) is 8.15. The smallest absolute Gasteiger partial charge is 0.257 e. The van der Waals surface area contributed by atoms with Gasteiger partial charge in [-0.2, -0.15) is 0 Å². The Bertz CT molecular complexity index is 668. The molecule has 0 heterocycles. The molecule has 0 aliphatic rings. The molecule has 3 nitrogen and oxygen atoms in total. The predicted octanol–water partition coefficient (Wildman–Crippen LogP) is 5.46. The first-order valence-electron chi connectivity index (χ1n) is 5.39. The summed E-state index contributed by atoms with van der Waals surface area (Å²) in [7, 11) is 0. The Kier molecular flexibility index (Phi) is 5.12. The average Bonchev–Trinajstić information content (AvgIpc) is 2.36. The molecule has 2 aromatic carbocycles. The normalized spacial score (nSPS) is 10.4. The van der Waals surface area contributed by atoms with Gasteiger partial charge >= 0.3 is 0 Å². The number of nitrogens with one attached hydrogen (secondary N) is 1. The van der Waals surface area contributed by atoms with E-state index < -0.39 is 0 Å². The van der Waals surface area contributed by atoms with Crippen LogP contribution >= 0.6 is 59.4 Å². The van der Waals surface area contributed by atoms with Gasteiger partial charge in [-0.3, -0.25) is 4.79 Å². The number of rotatable bonds is 2. The lowest BCUT2D eigenvalue weighted by Crippen LogP contribution is -2.13. The topological polar surface area (TPSA) is 55.1 Å². The summed E-state index contributed by atoms with van der Waals surface area (Å²) in [6.07, 6.45) is 0. The molecule has 0 radical (unpaired) electrons. The minimum absolute atomic E-state index is 0.303. The largest absolute Gasteiger partial charge is 0.399 e. The molecule has 0 atom stereocenters. The van der Waals surface area contributed by atoms with Gasteiger partial charge in [0, 0.05) is 19.1 Å². The van der Waals surface area contributed by atoms with Crippen LogP contribution in [-0.2, 0) is 0 Å². The molecular formula is C13H8Br3ClN2O. The van der Waals surface area contributed by atoms with Crippen molar-refractivity contribution in [2.75, 3.05) is 11.1 Å². The third kappa shape index (κ3) is 3.55. The van der Waals surface area contributed by atoms with Crippen LogP contribution in [0.25, 0.3) is 0 Å². The maximum atomic E-state index is 12.3. The molecule has 0 fully saturated rings. The zero-order chi connectivity index (χ0) is 14.9. The van der Waals surface area contributed by atoms with Crippen LogP contribution in [0.1, 0.15) is 10.4 Å². The van der Waals surface area contributed by atoms with Crippen molar-refractivity contribution in [1.29, 1.82) is 0 Å². The highest BCUT2D eigenvalue weighted by atomic mass is 79.9. The van der Waals surface area contributed by atoms with Crippen LogP contribution < -0.4 is 11.1 Å². The Morgan fingerprint density at radius 3 is 2.30 bits per heavy atom. The van der Waals surface area contributed by atoms with Crippen LogP contribution in [0.2, 0.25) is 5.02 Å². The van der Waals surface area contributed by atoms with E-state index in [4.69, 9.17) is 17.3 Å². The molecular weight excluding hydrogens is 475 g/mol. The SMILES string of the molecule is Nc1cc(Br)c(NC(=O)c2cc(Br)ccc2Cl)c(Br)c1. The highest BCUT2D eigenvalue weighted by Gasteiger charge is 2.15. The van der Waals surface area contributed by atoms with Crippen LogP contribution in [0.4, 0.5) is 11.4 Å². The molecule has 0 spiro atoms. The van der Waals surface area contributed by atoms with E-state index >= 15 is 0 Å². The Labute approximate surface area is 146 Å². The van der Waals surface area contributed by atoms with Gasteiger partial charge in [0.05, 0.1) is 16.3 Å². The average molecular weight is 483 g/mol. The van der Waals surface area contributed by atoms with Crippen LogP contribution in [0, 0.1) is 0 Å². The number of anilines is 2. The lowest BCUT2D eigenvalue weighted by molar-refractivity contribution is 0.102. The highest BCUT2D eigenvalue weighted by Crippen LogP contribution is 2.34. The van der Waals surface area contributed by atoms with Gasteiger partial charge in [0.25, 0.3) is 5.91 Å². The summed E-state index contributed by atoms with van der Waals surface area (Å²) in [6, 6.07) is 8.52. The molecule has 7 heteroatoms. The fourth-order valence-electron chi connectivity index (χ4n) is 1.56. The van der Waals surface area contributed by atoms with Crippen molar-refractivity contribution in [2.45, 2.75) is 0 Å². The van der Waals surface area contributed by atoms with Gasteiger partial charge in [-0.15, -0.1) is 0 Å². The fourth-order valence-corrected chi connectivity index (χ4v) is 3.55. The molecule has 20 heavy (non-hydrogen) atoms. The number of hydrogen-bond acceptors (Lipinski definition) is 2. The van der Waals surface area contributed by atoms with Gasteiger partial charge in [0.15, 0.2) is 0 Å². The van der Waals surface area contributed by atoms with Crippen molar-refractivity contribution in [3.8, 4) is 0 Å². The highest BCUT2D eigenvalue weighted by molar-refractivity contribution is 9.11. The first kappa shape index (κ1) is 15.8. The van der Waals surface area contributed by atoms with Crippen molar-refractivity contribution in [2.24, 2.45) is 0 Å². The second-order valence-electron chi connectivity index (χ2n) is 3.94. The zero-order valence-electron chi connectivity index (χ0n) is 9.88. The van der Waals surface area contributed by atoms with Crippen LogP contribution in [0.3, 0.4) is 0 Å². The van der Waals surface area contributed by atoms with Crippen LogP contribution in [0.15, 0.2) is 43.7 Å². The van der Waals surface area contributed by atoms with E-state index in [1.807, 2.05) is 0 Å². The summed E-state index contributed by atoms with van der Waals surface area (Å²) in [5.41, 5.74) is 7.28. The molecule has 2 aromatic rings. The predicted molar refractivity (Wildman–Crippen MR) is 93.4 cm³/mol. The molecule has 0 saturated carbocycles. The van der Waals surface area contributed by atoms with Gasteiger partial charge in [-0.05, 0) is 62.2 Å². The summed E-state index contributed by atoms with van der Waals surface area (Å²) in [5.74, 6) is -0.303.